The zero-order valence-corrected chi connectivity index (χ0v) is 14.9. The van der Waals surface area contributed by atoms with Crippen LogP contribution in [0.2, 0.25) is 0 Å². The molecule has 0 fully saturated rings. The van der Waals surface area contributed by atoms with Gasteiger partial charge >= 0.3 is 11.9 Å². The third-order valence-electron chi connectivity index (χ3n) is 4.09. The van der Waals surface area contributed by atoms with Gasteiger partial charge in [0.05, 0.1) is 11.4 Å². The molecule has 0 saturated carbocycles. The summed E-state index contributed by atoms with van der Waals surface area (Å²) in [6.07, 6.45) is 0. The predicted molar refractivity (Wildman–Crippen MR) is 103 cm³/mol. The number of aromatic amines is 2. The molecule has 0 radical (unpaired) electrons. The predicted octanol–water partition coefficient (Wildman–Crippen LogP) is 1.64. The highest BCUT2D eigenvalue weighted by Crippen LogP contribution is 2.07. The Morgan fingerprint density at radius 2 is 1.03 bits per heavy atom. The van der Waals surface area contributed by atoms with Gasteiger partial charge in [-0.1, -0.05) is 36.4 Å². The summed E-state index contributed by atoms with van der Waals surface area (Å²) in [5.74, 6) is -2.09. The van der Waals surface area contributed by atoms with Gasteiger partial charge in [0.2, 0.25) is 0 Å². The molecular weight excluding hydrogens is 376 g/mol. The average molecular weight is 390 g/mol. The van der Waals surface area contributed by atoms with Crippen LogP contribution < -0.4 is 11.1 Å². The minimum absolute atomic E-state index is 0.197. The van der Waals surface area contributed by atoms with Crippen LogP contribution in [0.3, 0.4) is 0 Å². The van der Waals surface area contributed by atoms with E-state index in [0.29, 0.717) is 11.4 Å². The second-order valence-electron chi connectivity index (χ2n) is 6.04. The first kappa shape index (κ1) is 18.0. The molecule has 2 heterocycles. The monoisotopic (exact) mass is 390 g/mol. The summed E-state index contributed by atoms with van der Waals surface area (Å²) in [5, 5.41) is 5.19. The van der Waals surface area contributed by atoms with Crippen molar-refractivity contribution in [3.8, 4) is 11.4 Å². The number of para-hydroxylation sites is 2. The highest BCUT2D eigenvalue weighted by Gasteiger charge is 2.20. The maximum absolute atomic E-state index is 12.3. The van der Waals surface area contributed by atoms with Gasteiger partial charge in [0.1, 0.15) is 11.4 Å². The summed E-state index contributed by atoms with van der Waals surface area (Å²) in [5.41, 5.74) is -0.327. The van der Waals surface area contributed by atoms with Gasteiger partial charge in [0.25, 0.3) is 11.1 Å². The van der Waals surface area contributed by atoms with E-state index < -0.39 is 23.1 Å². The molecule has 0 saturated heterocycles. The van der Waals surface area contributed by atoms with E-state index in [1.807, 2.05) is 0 Å². The van der Waals surface area contributed by atoms with E-state index in [2.05, 4.69) is 10.2 Å². The number of hydrogen-bond donors (Lipinski definition) is 2. The lowest BCUT2D eigenvalue weighted by Gasteiger charge is -2.02. The number of H-pyrrole nitrogens is 2. The second-order valence-corrected chi connectivity index (χ2v) is 6.04. The number of esters is 2. The number of carbonyl (C=O) groups is 2. The van der Waals surface area contributed by atoms with Gasteiger partial charge in [-0.15, -0.1) is 0 Å². The molecule has 0 amide bonds. The fraction of sp³-hybridized carbons (Fsp3) is 0. The number of nitrogens with zero attached hydrogens (tertiary/aromatic N) is 2. The molecule has 2 aromatic carbocycles. The van der Waals surface area contributed by atoms with Crippen LogP contribution in [0.4, 0.5) is 0 Å². The summed E-state index contributed by atoms with van der Waals surface area (Å²) in [7, 11) is 0. The molecule has 29 heavy (non-hydrogen) atoms. The van der Waals surface area contributed by atoms with E-state index in [0.717, 1.165) is 21.5 Å². The van der Waals surface area contributed by atoms with Crippen molar-refractivity contribution in [2.24, 2.45) is 0 Å². The van der Waals surface area contributed by atoms with Crippen LogP contribution in [0.5, 0.6) is 0 Å². The Morgan fingerprint density at radius 3 is 1.41 bits per heavy atom. The van der Waals surface area contributed by atoms with Crippen LogP contribution in [0.15, 0.2) is 82.4 Å². The van der Waals surface area contributed by atoms with Crippen LogP contribution in [0.1, 0.15) is 21.0 Å². The van der Waals surface area contributed by atoms with Crippen molar-refractivity contribution >= 4 is 11.9 Å². The number of rotatable bonds is 4. The maximum atomic E-state index is 12.3. The lowest BCUT2D eigenvalue weighted by Crippen LogP contribution is -2.15. The van der Waals surface area contributed by atoms with Gasteiger partial charge in [-0.3, -0.25) is 19.8 Å². The van der Waals surface area contributed by atoms with Crippen molar-refractivity contribution < 1.29 is 14.3 Å². The highest BCUT2D eigenvalue weighted by atomic mass is 16.6. The molecule has 144 valence electrons. The van der Waals surface area contributed by atoms with Gasteiger partial charge in [0.15, 0.2) is 0 Å². The summed E-state index contributed by atoms with van der Waals surface area (Å²) < 4.78 is 7.08. The normalized spacial score (nSPS) is 10.6. The van der Waals surface area contributed by atoms with Gasteiger partial charge in [0, 0.05) is 12.1 Å². The van der Waals surface area contributed by atoms with Crippen molar-refractivity contribution in [3.05, 3.63) is 105 Å². The molecular formula is C20H14N4O5. The largest absolute Gasteiger partial charge is 0.383 e. The first-order chi connectivity index (χ1) is 14.0. The second kappa shape index (κ2) is 7.31. The van der Waals surface area contributed by atoms with Crippen molar-refractivity contribution in [1.29, 1.82) is 0 Å². The molecule has 0 aliphatic rings. The van der Waals surface area contributed by atoms with Gasteiger partial charge in [-0.25, -0.2) is 19.0 Å². The molecule has 4 aromatic rings. The standard InChI is InChI=1S/C20H14N4O5/c25-17-11-15(21-23(17)13-7-3-1-4-8-13)19(27)29-20(28)16-12-18(26)24(22-16)14-9-5-2-6-10-14/h1-12,21-22H. The highest BCUT2D eigenvalue weighted by molar-refractivity contribution is 6.00. The summed E-state index contributed by atoms with van der Waals surface area (Å²) in [6.45, 7) is 0. The Balaban J connectivity index is 1.55. The van der Waals surface area contributed by atoms with Gasteiger partial charge in [-0.05, 0) is 24.3 Å². The first-order valence-electron chi connectivity index (χ1n) is 8.54. The molecule has 0 bridgehead atoms. The van der Waals surface area contributed by atoms with E-state index in [-0.39, 0.29) is 11.4 Å². The topological polar surface area (TPSA) is 119 Å². The van der Waals surface area contributed by atoms with Gasteiger partial charge in [-0.2, -0.15) is 0 Å². The minimum atomic E-state index is -1.05. The Morgan fingerprint density at radius 1 is 0.655 bits per heavy atom. The molecule has 9 nitrogen and oxygen atoms in total. The number of nitrogens with one attached hydrogen (secondary N) is 2. The zero-order chi connectivity index (χ0) is 20.4. The number of benzene rings is 2. The minimum Gasteiger partial charge on any atom is -0.383 e. The fourth-order valence-corrected chi connectivity index (χ4v) is 2.73. The lowest BCUT2D eigenvalue weighted by atomic mass is 10.3. The van der Waals surface area contributed by atoms with Crippen LogP contribution in [-0.2, 0) is 4.74 Å². The number of aromatic nitrogens is 4. The number of hydrogen-bond acceptors (Lipinski definition) is 5. The molecule has 9 heteroatoms. The summed E-state index contributed by atoms with van der Waals surface area (Å²) >= 11 is 0. The van der Waals surface area contributed by atoms with Crippen LogP contribution in [0, 0.1) is 0 Å². The van der Waals surface area contributed by atoms with Crippen molar-refractivity contribution in [2.75, 3.05) is 0 Å². The van der Waals surface area contributed by atoms with Crippen molar-refractivity contribution in [1.82, 2.24) is 19.6 Å². The molecule has 0 aliphatic heterocycles. The Bertz CT molecular complexity index is 1190. The zero-order valence-electron chi connectivity index (χ0n) is 14.9. The Kier molecular flexibility index (Phi) is 4.54. The van der Waals surface area contributed by atoms with E-state index in [4.69, 9.17) is 4.74 Å². The molecule has 4 rings (SSSR count). The third-order valence-corrected chi connectivity index (χ3v) is 4.09. The quantitative estimate of drug-likeness (QED) is 0.406. The van der Waals surface area contributed by atoms with E-state index >= 15 is 0 Å². The fourth-order valence-electron chi connectivity index (χ4n) is 2.73. The summed E-state index contributed by atoms with van der Waals surface area (Å²) in [6, 6.07) is 19.3. The average Bonchev–Trinajstić information content (AvgIpc) is 3.32. The van der Waals surface area contributed by atoms with Crippen molar-refractivity contribution in [3.63, 3.8) is 0 Å². The van der Waals surface area contributed by atoms with E-state index in [9.17, 15) is 19.2 Å². The molecule has 2 N–H and O–H groups in total. The van der Waals surface area contributed by atoms with Crippen LogP contribution in [-0.4, -0.2) is 31.5 Å². The molecule has 2 aromatic heterocycles. The van der Waals surface area contributed by atoms with Gasteiger partial charge < -0.3 is 4.74 Å². The number of ether oxygens (including phenoxy) is 1. The van der Waals surface area contributed by atoms with E-state index in [1.54, 1.807) is 60.7 Å². The van der Waals surface area contributed by atoms with Crippen LogP contribution >= 0.6 is 0 Å². The molecule has 0 spiro atoms. The molecule has 0 atom stereocenters. The Hall–Kier alpha value is -4.40. The molecule has 0 aliphatic carbocycles. The van der Waals surface area contributed by atoms with Crippen molar-refractivity contribution in [2.45, 2.75) is 0 Å². The maximum Gasteiger partial charge on any atom is 0.364 e. The van der Waals surface area contributed by atoms with E-state index in [1.165, 1.54) is 0 Å². The summed E-state index contributed by atoms with van der Waals surface area (Å²) in [4.78, 5) is 48.7. The smallest absolute Gasteiger partial charge is 0.364 e. The Labute approximate surface area is 162 Å². The lowest BCUT2D eigenvalue weighted by molar-refractivity contribution is 0.0388. The number of carbonyl (C=O) groups excluding carboxylic acids is 2. The van der Waals surface area contributed by atoms with Crippen LogP contribution in [0.25, 0.3) is 11.4 Å². The third kappa shape index (κ3) is 3.56. The first-order valence-corrected chi connectivity index (χ1v) is 8.54. The SMILES string of the molecule is O=C(OC(=O)c1cc(=O)n(-c2ccccc2)[nH]1)c1cc(=O)n(-c2ccccc2)[nH]1. The molecule has 0 unspecified atom stereocenters.